The number of rotatable bonds is 8. The van der Waals surface area contributed by atoms with Crippen molar-refractivity contribution >= 4 is 32.8 Å². The number of methoxy groups -OCH3 is 1. The van der Waals surface area contributed by atoms with Crippen molar-refractivity contribution in [2.24, 2.45) is 0 Å². The second kappa shape index (κ2) is 12.1. The molecular weight excluding hydrogens is 573 g/mol. The lowest BCUT2D eigenvalue weighted by molar-refractivity contribution is 0.0102. The number of fused-ring (bicyclic) bond motifs is 1. The molecule has 1 amide bonds. The van der Waals surface area contributed by atoms with Gasteiger partial charge in [0.2, 0.25) is 0 Å². The van der Waals surface area contributed by atoms with Crippen molar-refractivity contribution in [2.45, 2.75) is 63.0 Å². The highest BCUT2D eigenvalue weighted by Crippen LogP contribution is 2.43. The molecule has 1 aliphatic carbocycles. The minimum absolute atomic E-state index is 0.0163. The molecule has 1 unspecified atom stereocenters. The van der Waals surface area contributed by atoms with E-state index in [2.05, 4.69) is 14.5 Å². The second-order valence-electron chi connectivity index (χ2n) is 12.1. The minimum atomic E-state index is -4.03. The van der Waals surface area contributed by atoms with Crippen LogP contribution in [0, 0.1) is 5.82 Å². The molecule has 1 atom stereocenters. The van der Waals surface area contributed by atoms with Crippen LogP contribution in [0.25, 0.3) is 16.7 Å². The molecule has 1 saturated carbocycles. The molecule has 0 radical (unpaired) electrons. The van der Waals surface area contributed by atoms with Crippen LogP contribution in [0.4, 0.5) is 10.1 Å². The first-order valence-corrected chi connectivity index (χ1v) is 16.5. The number of piperidine rings is 2. The van der Waals surface area contributed by atoms with E-state index in [0.29, 0.717) is 17.4 Å². The first kappa shape index (κ1) is 29.9. The van der Waals surface area contributed by atoms with Crippen LogP contribution in [0.1, 0.15) is 67.0 Å². The third kappa shape index (κ3) is 6.00. The number of hydrogen-bond donors (Lipinski definition) is 1. The number of halogens is 1. The molecule has 4 heterocycles. The Morgan fingerprint density at radius 1 is 1.05 bits per heavy atom. The average molecular weight is 614 g/mol. The number of nitrogens with one attached hydrogen (secondary N) is 1. The fraction of sp³-hybridized carbons (Fsp3) is 0.567. The summed E-state index contributed by atoms with van der Waals surface area (Å²) in [7, 11) is 0.463. The highest BCUT2D eigenvalue weighted by molar-refractivity contribution is 7.87. The molecule has 43 heavy (non-hydrogen) atoms. The molecule has 0 bridgehead atoms. The van der Waals surface area contributed by atoms with Crippen molar-refractivity contribution in [2.75, 3.05) is 52.3 Å². The third-order valence-electron chi connectivity index (χ3n) is 9.21. The molecule has 11 nitrogen and oxygen atoms in total. The lowest BCUT2D eigenvalue weighted by Crippen LogP contribution is -2.50. The predicted molar refractivity (Wildman–Crippen MR) is 162 cm³/mol. The number of carbonyl (C=O) groups excluding carboxylic acids is 1. The number of likely N-dealkylation sites (tertiary alicyclic amines) is 1. The van der Waals surface area contributed by atoms with Gasteiger partial charge in [-0.3, -0.25) is 9.69 Å². The monoisotopic (exact) mass is 613 g/mol. The SMILES string of the molecule is COC1CCCN(C2CCN(c3cc(C(=O)NS(=O)(=O)N(C)C)nc4c3c(C3CCC3)nn4-c3ccc(F)cc3)CC2)C1. The molecule has 2 saturated heterocycles. The maximum atomic E-state index is 13.8. The number of ether oxygens (including phenoxy) is 1. The third-order valence-corrected chi connectivity index (χ3v) is 10.6. The number of pyridine rings is 1. The summed E-state index contributed by atoms with van der Waals surface area (Å²) in [5, 5.41) is 5.87. The van der Waals surface area contributed by atoms with Gasteiger partial charge in [0.15, 0.2) is 5.65 Å². The smallest absolute Gasteiger partial charge is 0.303 e. The molecular formula is C30H40FN7O4S. The van der Waals surface area contributed by atoms with Crippen LogP contribution < -0.4 is 9.62 Å². The van der Waals surface area contributed by atoms with Crippen LogP contribution in [-0.4, -0.2) is 97.8 Å². The number of aromatic nitrogens is 3. The van der Waals surface area contributed by atoms with Crippen molar-refractivity contribution < 1.29 is 22.3 Å². The van der Waals surface area contributed by atoms with E-state index in [9.17, 15) is 17.6 Å². The van der Waals surface area contributed by atoms with Crippen molar-refractivity contribution in [1.82, 2.24) is 28.7 Å². The Bertz CT molecular complexity index is 1580. The predicted octanol–water partition coefficient (Wildman–Crippen LogP) is 3.44. The summed E-state index contributed by atoms with van der Waals surface area (Å²) >= 11 is 0. The van der Waals surface area contributed by atoms with Gasteiger partial charge < -0.3 is 9.64 Å². The fourth-order valence-corrected chi connectivity index (χ4v) is 6.96. The van der Waals surface area contributed by atoms with Crippen LogP contribution in [0.15, 0.2) is 30.3 Å². The molecule has 2 aliphatic heterocycles. The largest absolute Gasteiger partial charge is 0.380 e. The first-order chi connectivity index (χ1) is 20.6. The molecule has 13 heteroatoms. The van der Waals surface area contributed by atoms with Crippen molar-refractivity contribution in [3.63, 3.8) is 0 Å². The average Bonchev–Trinajstić information content (AvgIpc) is 3.35. The number of hydrogen-bond acceptors (Lipinski definition) is 8. The van der Waals surface area contributed by atoms with E-state index < -0.39 is 16.1 Å². The van der Waals surface area contributed by atoms with E-state index in [1.54, 1.807) is 30.0 Å². The maximum Gasteiger partial charge on any atom is 0.303 e. The standard InChI is InChI=1S/C30H40FN7O4S/c1-35(2)43(40,41)34-30(39)25-18-26(36-16-13-22(14-17-36)37-15-5-8-24(19-37)42-3)27-28(20-6-4-7-20)33-38(29(27)32-25)23-11-9-21(31)10-12-23/h9-12,18,20,22,24H,4-8,13-17,19H2,1-3H3,(H,34,39). The summed E-state index contributed by atoms with van der Waals surface area (Å²) in [6.07, 6.45) is 7.55. The Kier molecular flexibility index (Phi) is 8.42. The Hall–Kier alpha value is -3.13. The van der Waals surface area contributed by atoms with Gasteiger partial charge in [-0.25, -0.2) is 18.8 Å². The highest BCUT2D eigenvalue weighted by Gasteiger charge is 2.34. The van der Waals surface area contributed by atoms with Gasteiger partial charge in [-0.2, -0.15) is 17.8 Å². The summed E-state index contributed by atoms with van der Waals surface area (Å²) in [6, 6.07) is 8.17. The quantitative estimate of drug-likeness (QED) is 0.411. The van der Waals surface area contributed by atoms with E-state index in [-0.39, 0.29) is 23.5 Å². The Balaban J connectivity index is 1.41. The summed E-state index contributed by atoms with van der Waals surface area (Å²) in [6.45, 7) is 3.58. The van der Waals surface area contributed by atoms with Gasteiger partial charge in [-0.05, 0) is 75.4 Å². The Morgan fingerprint density at radius 2 is 1.77 bits per heavy atom. The minimum Gasteiger partial charge on any atom is -0.380 e. The number of carbonyl (C=O) groups is 1. The number of benzene rings is 1. The van der Waals surface area contributed by atoms with E-state index >= 15 is 0 Å². The van der Waals surface area contributed by atoms with Crippen molar-refractivity contribution in [3.8, 4) is 5.69 Å². The van der Waals surface area contributed by atoms with Crippen LogP contribution in [0.2, 0.25) is 0 Å². The van der Waals surface area contributed by atoms with Crippen molar-refractivity contribution in [3.05, 3.63) is 47.5 Å². The van der Waals surface area contributed by atoms with Crippen LogP contribution in [0.3, 0.4) is 0 Å². The molecule has 1 N–H and O–H groups in total. The topological polar surface area (TPSA) is 113 Å². The lowest BCUT2D eigenvalue weighted by atomic mass is 9.82. The molecule has 3 aliphatic rings. The number of nitrogens with zero attached hydrogens (tertiary/aromatic N) is 6. The number of amides is 1. The van der Waals surface area contributed by atoms with Gasteiger partial charge in [-0.15, -0.1) is 0 Å². The zero-order valence-electron chi connectivity index (χ0n) is 25.0. The van der Waals surface area contributed by atoms with Gasteiger partial charge in [-0.1, -0.05) is 6.42 Å². The first-order valence-electron chi connectivity index (χ1n) is 15.1. The summed E-state index contributed by atoms with van der Waals surface area (Å²) in [5.41, 5.74) is 2.81. The molecule has 6 rings (SSSR count). The van der Waals surface area contributed by atoms with Crippen LogP contribution in [-0.2, 0) is 14.9 Å². The molecule has 3 aromatic rings. The zero-order valence-corrected chi connectivity index (χ0v) is 25.8. The van der Waals surface area contributed by atoms with Gasteiger partial charge >= 0.3 is 10.2 Å². The molecule has 2 aromatic heterocycles. The lowest BCUT2D eigenvalue weighted by Gasteiger charge is -2.42. The van der Waals surface area contributed by atoms with E-state index in [1.165, 1.54) is 26.2 Å². The number of anilines is 1. The van der Waals surface area contributed by atoms with Crippen LogP contribution >= 0.6 is 0 Å². The van der Waals surface area contributed by atoms with Crippen molar-refractivity contribution in [1.29, 1.82) is 0 Å². The van der Waals surface area contributed by atoms with E-state index in [4.69, 9.17) is 14.8 Å². The fourth-order valence-electron chi connectivity index (χ4n) is 6.44. The van der Waals surface area contributed by atoms with Crippen LogP contribution in [0.5, 0.6) is 0 Å². The summed E-state index contributed by atoms with van der Waals surface area (Å²) < 4.78 is 49.3. The normalized spacial score (nSPS) is 21.0. The second-order valence-corrected chi connectivity index (χ2v) is 13.9. The van der Waals surface area contributed by atoms with E-state index in [1.807, 2.05) is 0 Å². The van der Waals surface area contributed by atoms with Gasteiger partial charge in [0.25, 0.3) is 5.91 Å². The van der Waals surface area contributed by atoms with E-state index in [0.717, 1.165) is 92.2 Å². The zero-order chi connectivity index (χ0) is 30.3. The van der Waals surface area contributed by atoms with Gasteiger partial charge in [0, 0.05) is 52.8 Å². The maximum absolute atomic E-state index is 13.8. The summed E-state index contributed by atoms with van der Waals surface area (Å²) in [5.74, 6) is -0.923. The Morgan fingerprint density at radius 3 is 2.40 bits per heavy atom. The molecule has 232 valence electrons. The van der Waals surface area contributed by atoms with Gasteiger partial charge in [0.05, 0.1) is 28.6 Å². The highest BCUT2D eigenvalue weighted by atomic mass is 32.2. The molecule has 1 aromatic carbocycles. The molecule has 0 spiro atoms. The molecule has 3 fully saturated rings. The van der Waals surface area contributed by atoms with Gasteiger partial charge in [0.1, 0.15) is 11.5 Å². The Labute approximate surface area is 252 Å². The summed E-state index contributed by atoms with van der Waals surface area (Å²) in [4.78, 5) is 22.9.